The second-order valence-electron chi connectivity index (χ2n) is 5.88. The molecule has 0 aromatic carbocycles. The molecule has 1 aromatic rings. The molecule has 1 aliphatic rings. The molecule has 0 spiro atoms. The lowest BCUT2D eigenvalue weighted by Gasteiger charge is -2.31. The largest absolute Gasteiger partial charge is 0.369 e. The van der Waals surface area contributed by atoms with Crippen molar-refractivity contribution in [3.05, 3.63) is 17.0 Å². The van der Waals surface area contributed by atoms with Crippen molar-refractivity contribution in [3.8, 4) is 0 Å². The van der Waals surface area contributed by atoms with Gasteiger partial charge in [-0.1, -0.05) is 26.7 Å². The van der Waals surface area contributed by atoms with Crippen LogP contribution in [0.4, 0.5) is 5.82 Å². The Balaban J connectivity index is 1.97. The van der Waals surface area contributed by atoms with Crippen LogP contribution in [0.2, 0.25) is 0 Å². The first-order valence-corrected chi connectivity index (χ1v) is 7.60. The molecule has 0 atom stereocenters. The molecule has 1 N–H and O–H groups in total. The van der Waals surface area contributed by atoms with Crippen molar-refractivity contribution in [1.29, 1.82) is 0 Å². The van der Waals surface area contributed by atoms with Crippen molar-refractivity contribution < 1.29 is 0 Å². The molecular weight excluding hydrogens is 290 g/mol. The molecule has 0 bridgehead atoms. The van der Waals surface area contributed by atoms with E-state index in [9.17, 15) is 0 Å². The van der Waals surface area contributed by atoms with Crippen LogP contribution < -0.4 is 5.32 Å². The zero-order valence-electron chi connectivity index (χ0n) is 11.2. The summed E-state index contributed by atoms with van der Waals surface area (Å²) in [6.45, 7) is 5.68. The van der Waals surface area contributed by atoms with Gasteiger partial charge in [-0.05, 0) is 46.5 Å². The lowest BCUT2D eigenvalue weighted by Crippen LogP contribution is -2.28. The quantitative estimate of drug-likeness (QED) is 0.826. The van der Waals surface area contributed by atoms with E-state index in [1.54, 1.807) is 6.33 Å². The third-order valence-corrected chi connectivity index (χ3v) is 4.22. The van der Waals surface area contributed by atoms with Crippen LogP contribution in [0.25, 0.3) is 0 Å². The summed E-state index contributed by atoms with van der Waals surface area (Å²) in [4.78, 5) is 8.31. The Morgan fingerprint density at radius 2 is 2.06 bits per heavy atom. The summed E-state index contributed by atoms with van der Waals surface area (Å²) in [5.41, 5.74) is 0.478. The van der Waals surface area contributed by atoms with E-state index >= 15 is 0 Å². The van der Waals surface area contributed by atoms with Crippen LogP contribution in [0.3, 0.4) is 0 Å². The van der Waals surface area contributed by atoms with Gasteiger partial charge in [0.25, 0.3) is 0 Å². The minimum atomic E-state index is 0.478. The first-order chi connectivity index (χ1) is 8.60. The monoisotopic (exact) mass is 311 g/mol. The van der Waals surface area contributed by atoms with E-state index in [4.69, 9.17) is 0 Å². The van der Waals surface area contributed by atoms with Gasteiger partial charge in [-0.3, -0.25) is 0 Å². The Kier molecular flexibility index (Phi) is 4.60. The van der Waals surface area contributed by atoms with Gasteiger partial charge < -0.3 is 5.32 Å². The van der Waals surface area contributed by atoms with Crippen LogP contribution >= 0.6 is 15.9 Å². The van der Waals surface area contributed by atoms with E-state index in [1.807, 2.05) is 6.07 Å². The van der Waals surface area contributed by atoms with Crippen molar-refractivity contribution in [2.24, 2.45) is 11.3 Å². The Bertz CT molecular complexity index is 386. The van der Waals surface area contributed by atoms with E-state index in [2.05, 4.69) is 45.1 Å². The number of anilines is 1. The molecular formula is C14H22BrN3. The highest BCUT2D eigenvalue weighted by Crippen LogP contribution is 2.43. The molecule has 3 nitrogen and oxygen atoms in total. The number of rotatable bonds is 5. The number of aromatic nitrogens is 2. The predicted molar refractivity (Wildman–Crippen MR) is 78.6 cm³/mol. The van der Waals surface area contributed by atoms with Crippen molar-refractivity contribution >= 4 is 21.7 Å². The summed E-state index contributed by atoms with van der Waals surface area (Å²) in [5.74, 6) is 1.69. The molecule has 1 heterocycles. The topological polar surface area (TPSA) is 37.8 Å². The summed E-state index contributed by atoms with van der Waals surface area (Å²) in [7, 11) is 0. The van der Waals surface area contributed by atoms with Crippen LogP contribution in [0, 0.1) is 11.3 Å². The SMILES string of the molecule is CC(C)CC1(CNc2cc(Br)ncn2)CCCC1. The molecule has 0 aliphatic heterocycles. The molecule has 1 aliphatic carbocycles. The number of nitrogens with zero attached hydrogens (tertiary/aromatic N) is 2. The zero-order chi connectivity index (χ0) is 13.0. The smallest absolute Gasteiger partial charge is 0.130 e. The zero-order valence-corrected chi connectivity index (χ0v) is 12.8. The molecule has 0 radical (unpaired) electrons. The lowest BCUT2D eigenvalue weighted by atomic mass is 9.78. The van der Waals surface area contributed by atoms with Crippen molar-refractivity contribution in [3.63, 3.8) is 0 Å². The van der Waals surface area contributed by atoms with Gasteiger partial charge in [0.1, 0.15) is 16.7 Å². The Hall–Kier alpha value is -0.640. The first kappa shape index (κ1) is 13.8. The standard InChI is InChI=1S/C14H22BrN3/c1-11(2)8-14(5-3-4-6-14)9-16-13-7-12(15)17-10-18-13/h7,10-11H,3-6,8-9H2,1-2H3,(H,16,17,18). The minimum Gasteiger partial charge on any atom is -0.369 e. The van der Waals surface area contributed by atoms with Crippen molar-refractivity contribution in [1.82, 2.24) is 9.97 Å². The Labute approximate surface area is 118 Å². The number of hydrogen-bond acceptors (Lipinski definition) is 3. The molecule has 1 fully saturated rings. The summed E-state index contributed by atoms with van der Waals surface area (Å²) < 4.78 is 0.837. The summed E-state index contributed by atoms with van der Waals surface area (Å²) in [5, 5.41) is 3.49. The number of hydrogen-bond donors (Lipinski definition) is 1. The van der Waals surface area contributed by atoms with Crippen LogP contribution in [0.15, 0.2) is 17.0 Å². The van der Waals surface area contributed by atoms with Crippen molar-refractivity contribution in [2.75, 3.05) is 11.9 Å². The average molecular weight is 312 g/mol. The van der Waals surface area contributed by atoms with E-state index in [-0.39, 0.29) is 0 Å². The maximum Gasteiger partial charge on any atom is 0.130 e. The summed E-state index contributed by atoms with van der Waals surface area (Å²) in [6, 6.07) is 1.94. The fraction of sp³-hybridized carbons (Fsp3) is 0.714. The molecule has 0 amide bonds. The number of nitrogens with one attached hydrogen (secondary N) is 1. The Morgan fingerprint density at radius 1 is 1.33 bits per heavy atom. The number of halogens is 1. The third kappa shape index (κ3) is 3.67. The maximum absolute atomic E-state index is 4.26. The third-order valence-electron chi connectivity index (χ3n) is 3.78. The van der Waals surface area contributed by atoms with Gasteiger partial charge in [-0.25, -0.2) is 9.97 Å². The van der Waals surface area contributed by atoms with E-state index in [1.165, 1.54) is 32.1 Å². The molecule has 100 valence electrons. The molecule has 1 saturated carbocycles. The second-order valence-corrected chi connectivity index (χ2v) is 6.70. The normalized spacial score (nSPS) is 18.2. The minimum absolute atomic E-state index is 0.478. The highest BCUT2D eigenvalue weighted by molar-refractivity contribution is 9.10. The molecule has 2 rings (SSSR count). The summed E-state index contributed by atoms with van der Waals surface area (Å²) >= 11 is 3.38. The van der Waals surface area contributed by atoms with Crippen LogP contribution in [-0.2, 0) is 0 Å². The Morgan fingerprint density at radius 3 is 2.67 bits per heavy atom. The molecule has 4 heteroatoms. The molecule has 0 saturated heterocycles. The van der Waals surface area contributed by atoms with Gasteiger partial charge in [0.2, 0.25) is 0 Å². The van der Waals surface area contributed by atoms with Gasteiger partial charge in [0, 0.05) is 12.6 Å². The predicted octanol–water partition coefficient (Wildman–Crippen LogP) is 4.26. The molecule has 1 aromatic heterocycles. The van der Waals surface area contributed by atoms with Gasteiger partial charge in [-0.2, -0.15) is 0 Å². The summed E-state index contributed by atoms with van der Waals surface area (Å²) in [6.07, 6.45) is 8.36. The molecule has 18 heavy (non-hydrogen) atoms. The van der Waals surface area contributed by atoms with Crippen LogP contribution in [0.5, 0.6) is 0 Å². The lowest BCUT2D eigenvalue weighted by molar-refractivity contribution is 0.252. The highest BCUT2D eigenvalue weighted by atomic mass is 79.9. The van der Waals surface area contributed by atoms with Crippen LogP contribution in [0.1, 0.15) is 46.0 Å². The van der Waals surface area contributed by atoms with E-state index < -0.39 is 0 Å². The van der Waals surface area contributed by atoms with Crippen LogP contribution in [-0.4, -0.2) is 16.5 Å². The van der Waals surface area contributed by atoms with Gasteiger partial charge >= 0.3 is 0 Å². The second kappa shape index (κ2) is 6.00. The van der Waals surface area contributed by atoms with Gasteiger partial charge in [-0.15, -0.1) is 0 Å². The maximum atomic E-state index is 4.26. The average Bonchev–Trinajstić information content (AvgIpc) is 2.75. The van der Waals surface area contributed by atoms with E-state index in [0.717, 1.165) is 22.9 Å². The fourth-order valence-corrected chi connectivity index (χ4v) is 3.46. The van der Waals surface area contributed by atoms with Gasteiger partial charge in [0.15, 0.2) is 0 Å². The fourth-order valence-electron chi connectivity index (χ4n) is 3.15. The highest BCUT2D eigenvalue weighted by Gasteiger charge is 2.34. The van der Waals surface area contributed by atoms with Gasteiger partial charge in [0.05, 0.1) is 0 Å². The van der Waals surface area contributed by atoms with E-state index in [0.29, 0.717) is 5.41 Å². The first-order valence-electron chi connectivity index (χ1n) is 6.81. The van der Waals surface area contributed by atoms with Crippen molar-refractivity contribution in [2.45, 2.75) is 46.0 Å². The molecule has 0 unspecified atom stereocenters.